The number of nitrogens with two attached hydrogens (primary N) is 1. The molecule has 1 unspecified atom stereocenters. The van der Waals surface area contributed by atoms with Crippen molar-refractivity contribution in [3.63, 3.8) is 0 Å². The van der Waals surface area contributed by atoms with E-state index in [9.17, 15) is 9.59 Å². The van der Waals surface area contributed by atoms with Crippen molar-refractivity contribution < 1.29 is 14.6 Å². The first kappa shape index (κ1) is 20.0. The van der Waals surface area contributed by atoms with Gasteiger partial charge in [0, 0.05) is 18.9 Å². The minimum atomic E-state index is -0.409. The van der Waals surface area contributed by atoms with Crippen LogP contribution in [0.3, 0.4) is 0 Å². The summed E-state index contributed by atoms with van der Waals surface area (Å²) in [6.45, 7) is 1.92. The van der Waals surface area contributed by atoms with E-state index in [0.29, 0.717) is 39.2 Å². The van der Waals surface area contributed by atoms with Crippen molar-refractivity contribution >= 4 is 41.2 Å². The number of hydrogen-bond donors (Lipinski definition) is 5. The zero-order valence-corrected chi connectivity index (χ0v) is 16.9. The third-order valence-electron chi connectivity index (χ3n) is 4.77. The largest absolute Gasteiger partial charge is 0.379 e. The maximum atomic E-state index is 12.4. The van der Waals surface area contributed by atoms with E-state index < -0.39 is 6.03 Å². The number of nitrogens with one attached hydrogen (secondary N) is 4. The average Bonchev–Trinajstić information content (AvgIpc) is 3.14. The Morgan fingerprint density at radius 1 is 1.10 bits per heavy atom. The number of nitrogens with zero attached hydrogens (tertiary/aromatic N) is 3. The van der Waals surface area contributed by atoms with Gasteiger partial charge >= 0.3 is 6.03 Å². The Hall–Kier alpha value is -4.31. The molecule has 0 fully saturated rings. The maximum Gasteiger partial charge on any atom is 0.324 e. The summed E-state index contributed by atoms with van der Waals surface area (Å²) in [4.78, 5) is 32.9. The molecule has 0 radical (unpaired) electrons. The fraction of sp³-hybridized carbons (Fsp3) is 0.0952. The zero-order chi connectivity index (χ0) is 22.0. The second-order valence-corrected chi connectivity index (χ2v) is 6.91. The molecule has 10 heteroatoms. The highest BCUT2D eigenvalue weighted by atomic mass is 16.2. The number of aliphatic imine (C=N–C) groups is 1. The first-order chi connectivity index (χ1) is 15.0. The SMILES string of the molecule is CNC(=O)C1=C[NH+]2N=CN=C(N)C2=C1c1ccc(NC(=O)Nc2cc(C)ccn2)cc1. The van der Waals surface area contributed by atoms with E-state index in [1.54, 1.807) is 49.8 Å². The molecule has 0 spiro atoms. The van der Waals surface area contributed by atoms with Gasteiger partial charge in [-0.1, -0.05) is 17.2 Å². The summed E-state index contributed by atoms with van der Waals surface area (Å²) in [5.74, 6) is 0.505. The summed E-state index contributed by atoms with van der Waals surface area (Å²) in [5, 5.41) is 12.9. The number of amides is 3. The molecule has 2 aliphatic heterocycles. The Kier molecular flexibility index (Phi) is 5.29. The Labute approximate surface area is 178 Å². The number of amidine groups is 1. The van der Waals surface area contributed by atoms with Gasteiger partial charge in [-0.3, -0.25) is 10.1 Å². The van der Waals surface area contributed by atoms with Crippen LogP contribution in [-0.2, 0) is 4.79 Å². The van der Waals surface area contributed by atoms with Crippen molar-refractivity contribution in [3.05, 3.63) is 71.2 Å². The Morgan fingerprint density at radius 2 is 1.87 bits per heavy atom. The van der Waals surface area contributed by atoms with Crippen molar-refractivity contribution in [2.24, 2.45) is 15.8 Å². The Balaban J connectivity index is 1.57. The molecule has 3 amide bonds. The molecule has 0 saturated heterocycles. The molecule has 6 N–H and O–H groups in total. The molecule has 2 aliphatic rings. The Morgan fingerprint density at radius 3 is 2.58 bits per heavy atom. The lowest BCUT2D eigenvalue weighted by atomic mass is 9.97. The van der Waals surface area contributed by atoms with Crippen LogP contribution in [0.25, 0.3) is 5.57 Å². The van der Waals surface area contributed by atoms with Gasteiger partial charge in [0.25, 0.3) is 5.91 Å². The molecule has 4 rings (SSSR count). The number of aryl methyl sites for hydroxylation is 1. The van der Waals surface area contributed by atoms with Gasteiger partial charge in [0.15, 0.2) is 12.2 Å². The van der Waals surface area contributed by atoms with Gasteiger partial charge in [-0.15, -0.1) is 5.01 Å². The van der Waals surface area contributed by atoms with Gasteiger partial charge in [-0.05, 0) is 42.3 Å². The van der Waals surface area contributed by atoms with Gasteiger partial charge < -0.3 is 16.4 Å². The number of hydrogen-bond acceptors (Lipinski definition) is 6. The number of carbonyl (C=O) groups is 2. The molecule has 1 aromatic carbocycles. The van der Waals surface area contributed by atoms with Crippen LogP contribution >= 0.6 is 0 Å². The van der Waals surface area contributed by atoms with E-state index in [4.69, 9.17) is 5.73 Å². The van der Waals surface area contributed by atoms with Crippen LogP contribution in [0.5, 0.6) is 0 Å². The highest BCUT2D eigenvalue weighted by molar-refractivity contribution is 6.17. The molecule has 0 aliphatic carbocycles. The number of urea groups is 1. The number of aromatic nitrogens is 1. The first-order valence-corrected chi connectivity index (χ1v) is 9.49. The standard InChI is InChI=1S/C21H20N8O2/c1-12-7-8-24-16(9-12)28-21(31)27-14-5-3-13(4-6-14)17-15(20(30)23-2)10-29-18(17)19(22)25-11-26-29/h3-11H,1-2H3,(H,23,30)(H2,22,25,26)(H2,24,27,28,31)/p+1. The van der Waals surface area contributed by atoms with Gasteiger partial charge in [-0.25, -0.2) is 14.8 Å². The van der Waals surface area contributed by atoms with Crippen LogP contribution in [0.1, 0.15) is 11.1 Å². The molecule has 2 aromatic rings. The highest BCUT2D eigenvalue weighted by Crippen LogP contribution is 2.29. The smallest absolute Gasteiger partial charge is 0.324 e. The van der Waals surface area contributed by atoms with Crippen molar-refractivity contribution in [1.29, 1.82) is 0 Å². The normalized spacial score (nSPS) is 16.9. The van der Waals surface area contributed by atoms with Crippen LogP contribution < -0.4 is 26.7 Å². The Bertz CT molecular complexity index is 1180. The van der Waals surface area contributed by atoms with Crippen molar-refractivity contribution in [2.75, 3.05) is 17.7 Å². The minimum absolute atomic E-state index is 0.250. The van der Waals surface area contributed by atoms with Gasteiger partial charge in [0.05, 0.1) is 5.57 Å². The summed E-state index contributed by atoms with van der Waals surface area (Å²) in [6, 6.07) is 10.3. The number of likely N-dealkylation sites (N-methyl/N-ethyl adjacent to an activating group) is 1. The van der Waals surface area contributed by atoms with E-state index in [1.807, 2.05) is 13.0 Å². The van der Waals surface area contributed by atoms with Crippen LogP contribution in [0.2, 0.25) is 0 Å². The van der Waals surface area contributed by atoms with E-state index in [2.05, 4.69) is 31.0 Å². The van der Waals surface area contributed by atoms with E-state index in [-0.39, 0.29) is 5.91 Å². The fourth-order valence-corrected chi connectivity index (χ4v) is 3.34. The monoisotopic (exact) mass is 417 g/mol. The molecular weight excluding hydrogens is 396 g/mol. The fourth-order valence-electron chi connectivity index (χ4n) is 3.34. The number of anilines is 2. The van der Waals surface area contributed by atoms with E-state index >= 15 is 0 Å². The maximum absolute atomic E-state index is 12.4. The third-order valence-corrected chi connectivity index (χ3v) is 4.77. The second kappa shape index (κ2) is 8.20. The number of carbonyl (C=O) groups excluding carboxylic acids is 2. The molecule has 1 atom stereocenters. The van der Waals surface area contributed by atoms with Crippen molar-refractivity contribution in [1.82, 2.24) is 10.3 Å². The van der Waals surface area contributed by atoms with Crippen molar-refractivity contribution in [3.8, 4) is 0 Å². The van der Waals surface area contributed by atoms with Crippen LogP contribution in [-0.4, -0.2) is 36.1 Å². The number of quaternary nitrogens is 1. The predicted octanol–water partition coefficient (Wildman–Crippen LogP) is 0.588. The van der Waals surface area contributed by atoms with Crippen LogP contribution in [0.4, 0.5) is 16.3 Å². The molecule has 1 aromatic heterocycles. The quantitative estimate of drug-likeness (QED) is 0.497. The number of benzene rings is 1. The lowest BCUT2D eigenvalue weighted by Gasteiger charge is -2.12. The lowest BCUT2D eigenvalue weighted by Crippen LogP contribution is -3.01. The van der Waals surface area contributed by atoms with Gasteiger partial charge in [-0.2, -0.15) is 0 Å². The predicted molar refractivity (Wildman–Crippen MR) is 118 cm³/mol. The molecular formula is C21H21N8O2+. The van der Waals surface area contributed by atoms with E-state index in [0.717, 1.165) is 11.1 Å². The van der Waals surface area contributed by atoms with E-state index in [1.165, 1.54) is 6.34 Å². The summed E-state index contributed by atoms with van der Waals surface area (Å²) >= 11 is 0. The van der Waals surface area contributed by atoms with Crippen LogP contribution in [0, 0.1) is 6.92 Å². The summed E-state index contributed by atoms with van der Waals surface area (Å²) in [6.07, 6.45) is 4.68. The topological polar surface area (TPSA) is 138 Å². The summed E-state index contributed by atoms with van der Waals surface area (Å²) in [5.41, 5.74) is 10.1. The molecule has 0 saturated carbocycles. The molecule has 31 heavy (non-hydrogen) atoms. The third kappa shape index (κ3) is 4.05. The molecule has 0 bridgehead atoms. The lowest BCUT2D eigenvalue weighted by molar-refractivity contribution is -0.803. The first-order valence-electron chi connectivity index (χ1n) is 9.49. The second-order valence-electron chi connectivity index (χ2n) is 6.91. The average molecular weight is 417 g/mol. The summed E-state index contributed by atoms with van der Waals surface area (Å²) in [7, 11) is 1.56. The van der Waals surface area contributed by atoms with Crippen molar-refractivity contribution in [2.45, 2.75) is 6.92 Å². The number of rotatable bonds is 4. The molecule has 10 nitrogen and oxygen atoms in total. The molecule has 156 valence electrons. The van der Waals surface area contributed by atoms with Gasteiger partial charge in [0.1, 0.15) is 17.6 Å². The van der Waals surface area contributed by atoms with Gasteiger partial charge in [0.2, 0.25) is 5.70 Å². The zero-order valence-electron chi connectivity index (χ0n) is 16.9. The molecule has 3 heterocycles. The summed E-state index contributed by atoms with van der Waals surface area (Å²) < 4.78 is 0. The van der Waals surface area contributed by atoms with Crippen LogP contribution in [0.15, 0.2) is 70.2 Å². The highest BCUT2D eigenvalue weighted by Gasteiger charge is 2.37. The minimum Gasteiger partial charge on any atom is -0.379 e. The number of pyridine rings is 1. The number of fused-ring (bicyclic) bond motifs is 1.